The van der Waals surface area contributed by atoms with Crippen LogP contribution in [0.3, 0.4) is 0 Å². The number of ether oxygens (including phenoxy) is 5. The molecule has 0 aromatic heterocycles. The lowest BCUT2D eigenvalue weighted by atomic mass is 10.1. The summed E-state index contributed by atoms with van der Waals surface area (Å²) in [4.78, 5) is 14.9. The van der Waals surface area contributed by atoms with Gasteiger partial charge in [0.05, 0.1) is 6.42 Å². The predicted octanol–water partition coefficient (Wildman–Crippen LogP) is 2.84. The number of carbonyl (C=O) groups is 1. The topological polar surface area (TPSA) is 66.5 Å². The first-order chi connectivity index (χ1) is 14.7. The van der Waals surface area contributed by atoms with Crippen LogP contribution in [0.1, 0.15) is 12.0 Å². The summed E-state index contributed by atoms with van der Waals surface area (Å²) in [7, 11) is 3.15. The van der Waals surface area contributed by atoms with Crippen molar-refractivity contribution in [1.82, 2.24) is 4.90 Å². The van der Waals surface area contributed by atoms with Crippen molar-refractivity contribution < 1.29 is 28.5 Å². The molecule has 2 aromatic carbocycles. The van der Waals surface area contributed by atoms with Gasteiger partial charge < -0.3 is 23.7 Å². The third-order valence-corrected chi connectivity index (χ3v) is 4.99. The molecule has 0 unspecified atom stereocenters. The van der Waals surface area contributed by atoms with Gasteiger partial charge in [0.1, 0.15) is 31.5 Å². The van der Waals surface area contributed by atoms with Crippen LogP contribution in [0.5, 0.6) is 5.75 Å². The molecule has 1 aliphatic heterocycles. The van der Waals surface area contributed by atoms with E-state index in [0.29, 0.717) is 18.8 Å². The van der Waals surface area contributed by atoms with Gasteiger partial charge in [0, 0.05) is 33.4 Å². The standard InChI is InChI=1S/C23H29NO6/c1-26-16-28-21-15-24(14-18-9-5-3-6-10-18)20(23(21)29-17-27-2)13-22(25)30-19-11-7-4-8-12-19/h3-12,20-21,23H,13-17H2,1-2H3/t20-,21-,23-/m1/s1. The summed E-state index contributed by atoms with van der Waals surface area (Å²) in [6.45, 7) is 1.54. The number of hydrogen-bond donors (Lipinski definition) is 0. The molecular weight excluding hydrogens is 386 g/mol. The van der Waals surface area contributed by atoms with Crippen molar-refractivity contribution >= 4 is 5.97 Å². The van der Waals surface area contributed by atoms with Crippen LogP contribution in [0.15, 0.2) is 60.7 Å². The van der Waals surface area contributed by atoms with Crippen LogP contribution in [0.25, 0.3) is 0 Å². The smallest absolute Gasteiger partial charge is 0.312 e. The average molecular weight is 415 g/mol. The number of likely N-dealkylation sites (tertiary alicyclic amines) is 1. The first-order valence-corrected chi connectivity index (χ1v) is 9.96. The fraction of sp³-hybridized carbons (Fsp3) is 0.435. The molecule has 3 atom stereocenters. The van der Waals surface area contributed by atoms with Crippen molar-refractivity contribution in [2.24, 2.45) is 0 Å². The molecular formula is C23H29NO6. The Bertz CT molecular complexity index is 757. The average Bonchev–Trinajstić information content (AvgIpc) is 3.07. The lowest BCUT2D eigenvalue weighted by Crippen LogP contribution is -2.41. The number of rotatable bonds is 11. The summed E-state index contributed by atoms with van der Waals surface area (Å²) in [5.41, 5.74) is 1.15. The van der Waals surface area contributed by atoms with Gasteiger partial charge in [0.25, 0.3) is 0 Å². The third-order valence-electron chi connectivity index (χ3n) is 4.99. The molecule has 0 N–H and O–H groups in total. The second-order valence-corrected chi connectivity index (χ2v) is 7.12. The van der Waals surface area contributed by atoms with E-state index < -0.39 is 0 Å². The highest BCUT2D eigenvalue weighted by Gasteiger charge is 2.44. The van der Waals surface area contributed by atoms with Crippen LogP contribution in [-0.2, 0) is 30.3 Å². The molecule has 0 spiro atoms. The molecule has 1 heterocycles. The second kappa shape index (κ2) is 11.8. The minimum absolute atomic E-state index is 0.112. The fourth-order valence-corrected chi connectivity index (χ4v) is 3.67. The largest absolute Gasteiger partial charge is 0.426 e. The van der Waals surface area contributed by atoms with Gasteiger partial charge in [-0.3, -0.25) is 9.69 Å². The monoisotopic (exact) mass is 415 g/mol. The molecule has 30 heavy (non-hydrogen) atoms. The molecule has 3 rings (SSSR count). The van der Waals surface area contributed by atoms with Crippen LogP contribution in [0.2, 0.25) is 0 Å². The molecule has 1 fully saturated rings. The lowest BCUT2D eigenvalue weighted by molar-refractivity contribution is -0.152. The number of carbonyl (C=O) groups excluding carboxylic acids is 1. The summed E-state index contributed by atoms with van der Waals surface area (Å²) in [6.07, 6.45) is -0.436. The van der Waals surface area contributed by atoms with Crippen molar-refractivity contribution in [1.29, 1.82) is 0 Å². The molecule has 0 saturated carbocycles. The number of hydrogen-bond acceptors (Lipinski definition) is 7. The summed E-state index contributed by atoms with van der Waals surface area (Å²) in [5.74, 6) is 0.208. The van der Waals surface area contributed by atoms with Gasteiger partial charge in [-0.05, 0) is 17.7 Å². The molecule has 0 bridgehead atoms. The maximum absolute atomic E-state index is 12.7. The Morgan fingerprint density at radius 3 is 2.23 bits per heavy atom. The minimum Gasteiger partial charge on any atom is -0.426 e. The van der Waals surface area contributed by atoms with Crippen molar-refractivity contribution in [2.45, 2.75) is 31.2 Å². The Hall–Kier alpha value is -2.29. The molecule has 7 heteroatoms. The molecule has 0 aliphatic carbocycles. The van der Waals surface area contributed by atoms with Gasteiger partial charge in [0.15, 0.2) is 0 Å². The predicted molar refractivity (Wildman–Crippen MR) is 111 cm³/mol. The van der Waals surface area contributed by atoms with Crippen molar-refractivity contribution in [2.75, 3.05) is 34.4 Å². The SMILES string of the molecule is COCO[C@@H]1[C@@H](CC(=O)Oc2ccccc2)N(Cc2ccccc2)C[C@H]1OCOC. The molecule has 1 aliphatic rings. The lowest BCUT2D eigenvalue weighted by Gasteiger charge is -2.27. The molecule has 1 saturated heterocycles. The Balaban J connectivity index is 1.76. The van der Waals surface area contributed by atoms with Gasteiger partial charge in [0.2, 0.25) is 0 Å². The van der Waals surface area contributed by atoms with Crippen molar-refractivity contribution in [3.05, 3.63) is 66.2 Å². The van der Waals surface area contributed by atoms with Crippen LogP contribution < -0.4 is 4.74 Å². The first-order valence-electron chi connectivity index (χ1n) is 9.96. The van der Waals surface area contributed by atoms with Gasteiger partial charge in [-0.25, -0.2) is 0 Å². The number of esters is 1. The van der Waals surface area contributed by atoms with E-state index in [9.17, 15) is 4.79 Å². The molecule has 162 valence electrons. The van der Waals surface area contributed by atoms with E-state index in [0.717, 1.165) is 5.56 Å². The zero-order chi connectivity index (χ0) is 21.2. The molecule has 0 amide bonds. The van der Waals surface area contributed by atoms with Crippen molar-refractivity contribution in [3.63, 3.8) is 0 Å². The highest BCUT2D eigenvalue weighted by Crippen LogP contribution is 2.29. The quantitative estimate of drug-likeness (QED) is 0.318. The van der Waals surface area contributed by atoms with Crippen LogP contribution in [-0.4, -0.2) is 63.5 Å². The Kier molecular flexibility index (Phi) is 8.80. The van der Waals surface area contributed by atoms with E-state index in [1.165, 1.54) is 0 Å². The number of nitrogens with zero attached hydrogens (tertiary/aromatic N) is 1. The van der Waals surface area contributed by atoms with E-state index in [4.69, 9.17) is 23.7 Å². The van der Waals surface area contributed by atoms with Crippen LogP contribution in [0, 0.1) is 0 Å². The Morgan fingerprint density at radius 1 is 0.933 bits per heavy atom. The van der Waals surface area contributed by atoms with Gasteiger partial charge in [-0.15, -0.1) is 0 Å². The van der Waals surface area contributed by atoms with Gasteiger partial charge >= 0.3 is 5.97 Å². The zero-order valence-corrected chi connectivity index (χ0v) is 17.4. The van der Waals surface area contributed by atoms with E-state index in [2.05, 4.69) is 17.0 Å². The highest BCUT2D eigenvalue weighted by atomic mass is 16.7. The number of benzene rings is 2. The van der Waals surface area contributed by atoms with E-state index in [1.807, 2.05) is 36.4 Å². The fourth-order valence-electron chi connectivity index (χ4n) is 3.67. The first kappa shape index (κ1) is 22.4. The molecule has 0 radical (unpaired) electrons. The third kappa shape index (κ3) is 6.35. The van der Waals surface area contributed by atoms with E-state index in [-0.39, 0.29) is 44.2 Å². The summed E-state index contributed by atoms with van der Waals surface area (Å²) in [6, 6.07) is 19.0. The molecule has 2 aromatic rings. The summed E-state index contributed by atoms with van der Waals surface area (Å²) < 4.78 is 27.5. The van der Waals surface area contributed by atoms with E-state index in [1.54, 1.807) is 26.4 Å². The molecule has 7 nitrogen and oxygen atoms in total. The van der Waals surface area contributed by atoms with E-state index >= 15 is 0 Å². The van der Waals surface area contributed by atoms with Crippen molar-refractivity contribution in [3.8, 4) is 5.75 Å². The highest BCUT2D eigenvalue weighted by molar-refractivity contribution is 5.73. The van der Waals surface area contributed by atoms with Crippen LogP contribution >= 0.6 is 0 Å². The van der Waals surface area contributed by atoms with Crippen LogP contribution in [0.4, 0.5) is 0 Å². The normalized spacial score (nSPS) is 21.6. The summed E-state index contributed by atoms with van der Waals surface area (Å²) in [5, 5.41) is 0. The summed E-state index contributed by atoms with van der Waals surface area (Å²) >= 11 is 0. The number of methoxy groups -OCH3 is 2. The zero-order valence-electron chi connectivity index (χ0n) is 17.4. The second-order valence-electron chi connectivity index (χ2n) is 7.12. The maximum atomic E-state index is 12.7. The Labute approximate surface area is 177 Å². The number of para-hydroxylation sites is 1. The minimum atomic E-state index is -0.355. The van der Waals surface area contributed by atoms with Gasteiger partial charge in [-0.2, -0.15) is 0 Å². The maximum Gasteiger partial charge on any atom is 0.312 e. The Morgan fingerprint density at radius 2 is 1.57 bits per heavy atom. The van der Waals surface area contributed by atoms with Gasteiger partial charge in [-0.1, -0.05) is 48.5 Å².